The van der Waals surface area contributed by atoms with E-state index < -0.39 is 17.8 Å². The van der Waals surface area contributed by atoms with Crippen molar-refractivity contribution in [1.29, 1.82) is 0 Å². The number of anilines is 1. The number of hydrogen-bond acceptors (Lipinski definition) is 4. The zero-order chi connectivity index (χ0) is 19.8. The van der Waals surface area contributed by atoms with Crippen LogP contribution in [0.2, 0.25) is 0 Å². The molecule has 0 spiro atoms. The highest BCUT2D eigenvalue weighted by atomic mass is 19.1. The second-order valence-electron chi connectivity index (χ2n) is 6.35. The highest BCUT2D eigenvalue weighted by Crippen LogP contribution is 2.16. The average molecular weight is 373 g/mol. The first-order chi connectivity index (χ1) is 12.9. The van der Waals surface area contributed by atoms with Gasteiger partial charge >= 0.3 is 0 Å². The maximum Gasteiger partial charge on any atom is 0.251 e. The van der Waals surface area contributed by atoms with E-state index in [0.717, 1.165) is 0 Å². The van der Waals surface area contributed by atoms with E-state index in [1.165, 1.54) is 24.3 Å². The van der Waals surface area contributed by atoms with Gasteiger partial charge < -0.3 is 21.1 Å². The van der Waals surface area contributed by atoms with Crippen molar-refractivity contribution >= 4 is 17.5 Å². The largest absolute Gasteiger partial charge is 0.492 e. The zero-order valence-corrected chi connectivity index (χ0v) is 15.4. The summed E-state index contributed by atoms with van der Waals surface area (Å²) in [6.45, 7) is 4.50. The van der Waals surface area contributed by atoms with E-state index in [0.29, 0.717) is 24.6 Å². The minimum atomic E-state index is -0.740. The van der Waals surface area contributed by atoms with E-state index in [9.17, 15) is 14.0 Å². The minimum absolute atomic E-state index is 0.137. The van der Waals surface area contributed by atoms with Crippen LogP contribution in [0.1, 0.15) is 24.2 Å². The molecule has 0 heterocycles. The summed E-state index contributed by atoms with van der Waals surface area (Å²) in [5.41, 5.74) is 6.26. The molecule has 0 aliphatic carbocycles. The van der Waals surface area contributed by atoms with Gasteiger partial charge in [-0.2, -0.15) is 0 Å². The molecule has 27 heavy (non-hydrogen) atoms. The minimum Gasteiger partial charge on any atom is -0.492 e. The molecule has 1 atom stereocenters. The van der Waals surface area contributed by atoms with Crippen molar-refractivity contribution in [3.8, 4) is 5.75 Å². The summed E-state index contributed by atoms with van der Waals surface area (Å²) in [6.07, 6.45) is 0. The van der Waals surface area contributed by atoms with Crippen molar-refractivity contribution < 1.29 is 18.7 Å². The fourth-order valence-corrected chi connectivity index (χ4v) is 2.39. The van der Waals surface area contributed by atoms with Crippen LogP contribution >= 0.6 is 0 Å². The number of nitrogens with one attached hydrogen (secondary N) is 2. The van der Waals surface area contributed by atoms with Crippen molar-refractivity contribution in [2.75, 3.05) is 18.5 Å². The van der Waals surface area contributed by atoms with E-state index in [2.05, 4.69) is 10.6 Å². The number of nitrogens with two attached hydrogens (primary N) is 1. The Morgan fingerprint density at radius 3 is 2.26 bits per heavy atom. The van der Waals surface area contributed by atoms with Crippen LogP contribution in [-0.2, 0) is 4.79 Å². The smallest absolute Gasteiger partial charge is 0.251 e. The fourth-order valence-electron chi connectivity index (χ4n) is 2.39. The number of hydrogen-bond donors (Lipinski definition) is 3. The van der Waals surface area contributed by atoms with Crippen molar-refractivity contribution in [3.05, 3.63) is 59.9 Å². The molecule has 2 aromatic rings. The van der Waals surface area contributed by atoms with Crippen LogP contribution in [0.5, 0.6) is 5.75 Å². The van der Waals surface area contributed by atoms with Gasteiger partial charge in [-0.1, -0.05) is 13.8 Å². The van der Waals surface area contributed by atoms with E-state index in [-0.39, 0.29) is 17.4 Å². The lowest BCUT2D eigenvalue weighted by Crippen LogP contribution is -2.47. The molecular weight excluding hydrogens is 349 g/mol. The molecule has 0 aromatic heterocycles. The van der Waals surface area contributed by atoms with Crippen molar-refractivity contribution in [3.63, 3.8) is 0 Å². The summed E-state index contributed by atoms with van der Waals surface area (Å²) in [6, 6.07) is 11.3. The van der Waals surface area contributed by atoms with Crippen LogP contribution in [0.3, 0.4) is 0 Å². The van der Waals surface area contributed by atoms with Gasteiger partial charge in [-0.15, -0.1) is 0 Å². The third-order valence-electron chi connectivity index (χ3n) is 3.85. The Kier molecular flexibility index (Phi) is 7.31. The second-order valence-corrected chi connectivity index (χ2v) is 6.35. The Hall–Kier alpha value is -2.93. The maximum atomic E-state index is 13.0. The van der Waals surface area contributed by atoms with E-state index in [1.54, 1.807) is 24.3 Å². The maximum absolute atomic E-state index is 13.0. The van der Waals surface area contributed by atoms with E-state index in [1.807, 2.05) is 13.8 Å². The van der Waals surface area contributed by atoms with Crippen LogP contribution in [-0.4, -0.2) is 31.0 Å². The Morgan fingerprint density at radius 2 is 1.70 bits per heavy atom. The number of halogens is 1. The Balaban J connectivity index is 2.01. The quantitative estimate of drug-likeness (QED) is 0.663. The molecule has 2 rings (SSSR count). The average Bonchev–Trinajstić information content (AvgIpc) is 2.65. The molecule has 144 valence electrons. The van der Waals surface area contributed by atoms with Crippen molar-refractivity contribution in [1.82, 2.24) is 5.32 Å². The molecule has 0 aliphatic heterocycles. The Morgan fingerprint density at radius 1 is 1.07 bits per heavy atom. The Labute approximate surface area is 157 Å². The van der Waals surface area contributed by atoms with Crippen LogP contribution < -0.4 is 21.1 Å². The zero-order valence-electron chi connectivity index (χ0n) is 15.4. The third-order valence-corrected chi connectivity index (χ3v) is 3.85. The molecule has 6 nitrogen and oxygen atoms in total. The standard InChI is InChI=1S/C20H24FN3O3/c1-13(2)18(24-19(25)14-3-5-15(21)6-4-14)20(26)23-16-7-9-17(10-8-16)27-12-11-22/h3-10,13,18H,11-12,22H2,1-2H3,(H,23,26)(H,24,25). The lowest BCUT2D eigenvalue weighted by molar-refractivity contribution is -0.118. The van der Waals surface area contributed by atoms with Gasteiger partial charge in [-0.3, -0.25) is 9.59 Å². The first kappa shape index (κ1) is 20.4. The third kappa shape index (κ3) is 6.07. The molecule has 7 heteroatoms. The van der Waals surface area contributed by atoms with Crippen LogP contribution in [0.4, 0.5) is 10.1 Å². The predicted octanol–water partition coefficient (Wildman–Crippen LogP) is 2.56. The number of ether oxygens (including phenoxy) is 1. The molecule has 1 unspecified atom stereocenters. The summed E-state index contributed by atoms with van der Waals surface area (Å²) in [5.74, 6) is -0.681. The SMILES string of the molecule is CC(C)C(NC(=O)c1ccc(F)cc1)C(=O)Nc1ccc(OCCN)cc1. The van der Waals surface area contributed by atoms with E-state index >= 15 is 0 Å². The summed E-state index contributed by atoms with van der Waals surface area (Å²) >= 11 is 0. The molecule has 2 amide bonds. The fraction of sp³-hybridized carbons (Fsp3) is 0.300. The lowest BCUT2D eigenvalue weighted by Gasteiger charge is -2.22. The molecule has 2 aromatic carbocycles. The first-order valence-electron chi connectivity index (χ1n) is 8.71. The topological polar surface area (TPSA) is 93.5 Å². The molecular formula is C20H24FN3O3. The Bertz CT molecular complexity index is 761. The van der Waals surface area contributed by atoms with Gasteiger partial charge in [0.1, 0.15) is 24.2 Å². The molecule has 0 saturated carbocycles. The normalized spacial score (nSPS) is 11.7. The molecule has 0 radical (unpaired) electrons. The molecule has 4 N–H and O–H groups in total. The number of amides is 2. The lowest BCUT2D eigenvalue weighted by atomic mass is 10.0. The molecule has 0 saturated heterocycles. The van der Waals surface area contributed by atoms with Gasteiger partial charge in [0.2, 0.25) is 5.91 Å². The first-order valence-corrected chi connectivity index (χ1v) is 8.71. The predicted molar refractivity (Wildman–Crippen MR) is 102 cm³/mol. The van der Waals surface area contributed by atoms with Gasteiger partial charge in [0.15, 0.2) is 0 Å². The highest BCUT2D eigenvalue weighted by Gasteiger charge is 2.24. The van der Waals surface area contributed by atoms with Crippen LogP contribution in [0.15, 0.2) is 48.5 Å². The van der Waals surface area contributed by atoms with Gasteiger partial charge in [0.05, 0.1) is 0 Å². The summed E-state index contributed by atoms with van der Waals surface area (Å²) in [7, 11) is 0. The number of rotatable bonds is 8. The number of carbonyl (C=O) groups is 2. The van der Waals surface area contributed by atoms with Gasteiger partial charge in [-0.05, 0) is 54.4 Å². The summed E-state index contributed by atoms with van der Waals surface area (Å²) < 4.78 is 18.4. The molecule has 0 fully saturated rings. The van der Waals surface area contributed by atoms with Gasteiger partial charge in [0, 0.05) is 17.8 Å². The van der Waals surface area contributed by atoms with Crippen molar-refractivity contribution in [2.24, 2.45) is 11.7 Å². The molecule has 0 aliphatic rings. The highest BCUT2D eigenvalue weighted by molar-refractivity contribution is 6.01. The van der Waals surface area contributed by atoms with Crippen LogP contribution in [0.25, 0.3) is 0 Å². The van der Waals surface area contributed by atoms with Crippen molar-refractivity contribution in [2.45, 2.75) is 19.9 Å². The monoisotopic (exact) mass is 373 g/mol. The van der Waals surface area contributed by atoms with Gasteiger partial charge in [-0.25, -0.2) is 4.39 Å². The van der Waals surface area contributed by atoms with E-state index in [4.69, 9.17) is 10.5 Å². The summed E-state index contributed by atoms with van der Waals surface area (Å²) in [5, 5.41) is 5.48. The summed E-state index contributed by atoms with van der Waals surface area (Å²) in [4.78, 5) is 24.9. The number of benzene rings is 2. The van der Waals surface area contributed by atoms with Crippen LogP contribution in [0, 0.1) is 11.7 Å². The number of carbonyl (C=O) groups excluding carboxylic acids is 2. The molecule has 0 bridgehead atoms. The second kappa shape index (κ2) is 9.68. The van der Waals surface area contributed by atoms with Gasteiger partial charge in [0.25, 0.3) is 5.91 Å².